The summed E-state index contributed by atoms with van der Waals surface area (Å²) in [5.41, 5.74) is 0.602. The number of hydrogen-bond donors (Lipinski definition) is 1. The highest BCUT2D eigenvalue weighted by Gasteiger charge is 2.15. The van der Waals surface area contributed by atoms with Gasteiger partial charge in [0.1, 0.15) is 12.8 Å². The maximum Gasteiger partial charge on any atom is 0.311 e. The van der Waals surface area contributed by atoms with Crippen molar-refractivity contribution in [1.29, 1.82) is 0 Å². The average molecular weight is 234 g/mol. The van der Waals surface area contributed by atoms with Crippen LogP contribution in [0, 0.1) is 5.92 Å². The fourth-order valence-corrected chi connectivity index (χ4v) is 1.33. The number of amides is 1. The van der Waals surface area contributed by atoms with E-state index >= 15 is 0 Å². The van der Waals surface area contributed by atoms with E-state index in [0.29, 0.717) is 5.56 Å². The molecule has 0 saturated heterocycles. The average Bonchev–Trinajstić information content (AvgIpc) is 2.34. The SMILES string of the molecule is CC(C)C(N[C]=O)OCC(=O)c1ccccc1. The molecule has 0 bridgehead atoms. The first kappa shape index (κ1) is 13.4. The molecule has 4 heteroatoms. The molecule has 0 heterocycles. The Morgan fingerprint density at radius 1 is 1.35 bits per heavy atom. The lowest BCUT2D eigenvalue weighted by Gasteiger charge is -2.19. The van der Waals surface area contributed by atoms with Gasteiger partial charge in [-0.05, 0) is 5.92 Å². The Bertz CT molecular complexity index is 362. The van der Waals surface area contributed by atoms with Crippen LogP contribution < -0.4 is 5.32 Å². The van der Waals surface area contributed by atoms with Crippen LogP contribution in [0.5, 0.6) is 0 Å². The lowest BCUT2D eigenvalue weighted by molar-refractivity contribution is 0.0154. The van der Waals surface area contributed by atoms with Crippen molar-refractivity contribution >= 4 is 12.2 Å². The zero-order chi connectivity index (χ0) is 12.7. The van der Waals surface area contributed by atoms with Gasteiger partial charge in [0.25, 0.3) is 0 Å². The van der Waals surface area contributed by atoms with Crippen molar-refractivity contribution < 1.29 is 14.3 Å². The molecule has 17 heavy (non-hydrogen) atoms. The first-order chi connectivity index (χ1) is 8.15. The van der Waals surface area contributed by atoms with E-state index in [4.69, 9.17) is 4.74 Å². The van der Waals surface area contributed by atoms with E-state index in [1.807, 2.05) is 19.9 Å². The van der Waals surface area contributed by atoms with Gasteiger partial charge in [-0.3, -0.25) is 9.59 Å². The Hall–Kier alpha value is -1.68. The molecule has 0 aliphatic carbocycles. The Kier molecular flexibility index (Phi) is 5.36. The number of carbonyl (C=O) groups excluding carboxylic acids is 2. The minimum atomic E-state index is -0.486. The highest BCUT2D eigenvalue weighted by Crippen LogP contribution is 2.05. The largest absolute Gasteiger partial charge is 0.350 e. The summed E-state index contributed by atoms with van der Waals surface area (Å²) in [6.45, 7) is 3.73. The van der Waals surface area contributed by atoms with Gasteiger partial charge in [0.05, 0.1) is 0 Å². The Morgan fingerprint density at radius 3 is 2.53 bits per heavy atom. The van der Waals surface area contributed by atoms with Crippen LogP contribution in [-0.2, 0) is 9.53 Å². The van der Waals surface area contributed by atoms with E-state index in [2.05, 4.69) is 5.32 Å². The van der Waals surface area contributed by atoms with Gasteiger partial charge in [0.2, 0.25) is 0 Å². The van der Waals surface area contributed by atoms with Gasteiger partial charge >= 0.3 is 6.41 Å². The molecule has 1 amide bonds. The molecule has 1 N–H and O–H groups in total. The molecular weight excluding hydrogens is 218 g/mol. The monoisotopic (exact) mass is 234 g/mol. The maximum atomic E-state index is 11.7. The Labute approximate surface area is 101 Å². The van der Waals surface area contributed by atoms with Crippen molar-refractivity contribution in [3.05, 3.63) is 35.9 Å². The van der Waals surface area contributed by atoms with E-state index in [0.717, 1.165) is 0 Å². The number of hydrogen-bond acceptors (Lipinski definition) is 3. The maximum absolute atomic E-state index is 11.7. The minimum Gasteiger partial charge on any atom is -0.350 e. The fraction of sp³-hybridized carbons (Fsp3) is 0.385. The molecule has 0 saturated carbocycles. The van der Waals surface area contributed by atoms with Crippen molar-refractivity contribution in [2.75, 3.05) is 6.61 Å². The molecule has 0 aliphatic rings. The number of Topliss-reactive ketones (excluding diaryl/α,β-unsaturated/α-hetero) is 1. The Morgan fingerprint density at radius 2 is 2.00 bits per heavy atom. The molecule has 0 aliphatic heterocycles. The first-order valence-corrected chi connectivity index (χ1v) is 5.47. The van der Waals surface area contributed by atoms with Crippen LogP contribution in [0.4, 0.5) is 0 Å². The van der Waals surface area contributed by atoms with Crippen LogP contribution >= 0.6 is 0 Å². The first-order valence-electron chi connectivity index (χ1n) is 5.47. The van der Waals surface area contributed by atoms with Gasteiger partial charge in [-0.2, -0.15) is 0 Å². The smallest absolute Gasteiger partial charge is 0.311 e. The summed E-state index contributed by atoms with van der Waals surface area (Å²) >= 11 is 0. The molecule has 0 spiro atoms. The third kappa shape index (κ3) is 4.36. The molecule has 1 unspecified atom stereocenters. The molecule has 4 nitrogen and oxygen atoms in total. The zero-order valence-corrected chi connectivity index (χ0v) is 9.97. The van der Waals surface area contributed by atoms with Crippen molar-refractivity contribution in [2.45, 2.75) is 20.1 Å². The van der Waals surface area contributed by atoms with Crippen molar-refractivity contribution in [1.82, 2.24) is 5.32 Å². The molecule has 1 rings (SSSR count). The van der Waals surface area contributed by atoms with Gasteiger partial charge in [0.15, 0.2) is 5.78 Å². The number of benzene rings is 1. The lowest BCUT2D eigenvalue weighted by atomic mass is 10.1. The summed E-state index contributed by atoms with van der Waals surface area (Å²) in [4.78, 5) is 22.0. The second kappa shape index (κ2) is 6.81. The predicted molar refractivity (Wildman–Crippen MR) is 64.2 cm³/mol. The van der Waals surface area contributed by atoms with Crippen LogP contribution in [0.2, 0.25) is 0 Å². The van der Waals surface area contributed by atoms with Crippen LogP contribution in [-0.4, -0.2) is 25.0 Å². The van der Waals surface area contributed by atoms with E-state index in [1.165, 1.54) is 0 Å². The van der Waals surface area contributed by atoms with Crippen molar-refractivity contribution in [3.63, 3.8) is 0 Å². The van der Waals surface area contributed by atoms with E-state index in [-0.39, 0.29) is 18.3 Å². The number of carbonyl (C=O) groups is 1. The molecule has 0 aromatic heterocycles. The summed E-state index contributed by atoms with van der Waals surface area (Å²) in [6, 6.07) is 8.90. The minimum absolute atomic E-state index is 0.0540. The zero-order valence-electron chi connectivity index (χ0n) is 9.97. The van der Waals surface area contributed by atoms with Crippen molar-refractivity contribution in [2.24, 2.45) is 5.92 Å². The summed E-state index contributed by atoms with van der Waals surface area (Å²) in [5.74, 6) is -0.0241. The van der Waals surface area contributed by atoms with E-state index in [1.54, 1.807) is 30.7 Å². The predicted octanol–water partition coefficient (Wildman–Crippen LogP) is 1.52. The van der Waals surface area contributed by atoms with Crippen LogP contribution in [0.1, 0.15) is 24.2 Å². The summed E-state index contributed by atoms with van der Waals surface area (Å²) in [5, 5.41) is 2.41. The van der Waals surface area contributed by atoms with E-state index in [9.17, 15) is 9.59 Å². The second-order valence-corrected chi connectivity index (χ2v) is 4.01. The highest BCUT2D eigenvalue weighted by atomic mass is 16.5. The number of ether oxygens (including phenoxy) is 1. The Balaban J connectivity index is 2.49. The molecule has 1 aromatic carbocycles. The topological polar surface area (TPSA) is 55.4 Å². The molecule has 1 radical (unpaired) electrons. The molecule has 1 atom stereocenters. The van der Waals surface area contributed by atoms with Crippen LogP contribution in [0.3, 0.4) is 0 Å². The van der Waals surface area contributed by atoms with Gasteiger partial charge in [-0.1, -0.05) is 44.2 Å². The third-order valence-electron chi connectivity index (χ3n) is 2.30. The lowest BCUT2D eigenvalue weighted by Crippen LogP contribution is -2.36. The highest BCUT2D eigenvalue weighted by molar-refractivity contribution is 5.97. The molecular formula is C13H16NO3. The number of nitrogens with one attached hydrogen (secondary N) is 1. The van der Waals surface area contributed by atoms with Crippen LogP contribution in [0.15, 0.2) is 30.3 Å². The molecule has 1 aromatic rings. The summed E-state index contributed by atoms with van der Waals surface area (Å²) in [7, 11) is 0. The van der Waals surface area contributed by atoms with Gasteiger partial charge in [-0.25, -0.2) is 0 Å². The fourth-order valence-electron chi connectivity index (χ4n) is 1.33. The number of ketones is 1. The molecule has 0 fully saturated rings. The standard InChI is InChI=1S/C13H16NO3/c1-10(2)13(14-9-15)17-8-12(16)11-6-4-3-5-7-11/h3-7,10,13H,8H2,1-2H3,(H,14,15). The normalized spacial score (nSPS) is 12.2. The third-order valence-corrected chi connectivity index (χ3v) is 2.30. The van der Waals surface area contributed by atoms with Gasteiger partial charge < -0.3 is 10.1 Å². The van der Waals surface area contributed by atoms with Gasteiger partial charge in [0, 0.05) is 5.56 Å². The second-order valence-electron chi connectivity index (χ2n) is 4.01. The van der Waals surface area contributed by atoms with Crippen LogP contribution in [0.25, 0.3) is 0 Å². The molecule has 91 valence electrons. The quantitative estimate of drug-likeness (QED) is 0.442. The summed E-state index contributed by atoms with van der Waals surface area (Å²) in [6.07, 6.45) is 1.09. The van der Waals surface area contributed by atoms with Gasteiger partial charge in [-0.15, -0.1) is 0 Å². The summed E-state index contributed by atoms with van der Waals surface area (Å²) < 4.78 is 5.34. The van der Waals surface area contributed by atoms with Crippen molar-refractivity contribution in [3.8, 4) is 0 Å². The number of rotatable bonds is 7. The van der Waals surface area contributed by atoms with E-state index < -0.39 is 6.23 Å².